The maximum absolute atomic E-state index is 12.7. The van der Waals surface area contributed by atoms with Crippen LogP contribution in [0.2, 0.25) is 0 Å². The summed E-state index contributed by atoms with van der Waals surface area (Å²) in [6, 6.07) is 24.4. The van der Waals surface area contributed by atoms with Gasteiger partial charge in [-0.2, -0.15) is 0 Å². The minimum absolute atomic E-state index is 0.0871. The molecule has 4 heteroatoms. The Morgan fingerprint density at radius 3 is 2.17 bits per heavy atom. The van der Waals surface area contributed by atoms with Crippen LogP contribution in [0.25, 0.3) is 0 Å². The molecule has 2 N–H and O–H groups in total. The van der Waals surface area contributed by atoms with Crippen molar-refractivity contribution in [2.45, 2.75) is 32.6 Å². The Bertz CT molecular complexity index is 966. The van der Waals surface area contributed by atoms with Gasteiger partial charge in [0.15, 0.2) is 0 Å². The van der Waals surface area contributed by atoms with Gasteiger partial charge in [-0.3, -0.25) is 9.59 Å². The van der Waals surface area contributed by atoms with E-state index in [9.17, 15) is 9.59 Å². The minimum Gasteiger partial charge on any atom is -0.326 e. The average Bonchev–Trinajstić information content (AvgIpc) is 2.74. The molecule has 3 aromatic rings. The number of rotatable bonds is 7. The molecule has 0 saturated carbocycles. The van der Waals surface area contributed by atoms with E-state index in [0.717, 1.165) is 23.2 Å². The molecule has 1 unspecified atom stereocenters. The Labute approximate surface area is 172 Å². The lowest BCUT2D eigenvalue weighted by Crippen LogP contribution is -2.15. The van der Waals surface area contributed by atoms with E-state index in [1.165, 1.54) is 0 Å². The van der Waals surface area contributed by atoms with Crippen molar-refractivity contribution in [2.75, 3.05) is 10.6 Å². The Morgan fingerprint density at radius 2 is 1.48 bits per heavy atom. The predicted octanol–water partition coefficient (Wildman–Crippen LogP) is 5.63. The Morgan fingerprint density at radius 1 is 0.828 bits per heavy atom. The average molecular weight is 386 g/mol. The van der Waals surface area contributed by atoms with Crippen LogP contribution in [0.1, 0.15) is 47.7 Å². The monoisotopic (exact) mass is 386 g/mol. The van der Waals surface area contributed by atoms with Crippen molar-refractivity contribution in [3.05, 3.63) is 95.6 Å². The molecule has 29 heavy (non-hydrogen) atoms. The molecule has 0 heterocycles. The molecule has 0 radical (unpaired) electrons. The van der Waals surface area contributed by atoms with Gasteiger partial charge >= 0.3 is 0 Å². The van der Waals surface area contributed by atoms with Gasteiger partial charge in [0.25, 0.3) is 5.91 Å². The number of carbonyl (C=O) groups is 2. The number of hydrogen-bond donors (Lipinski definition) is 2. The number of amides is 2. The molecular formula is C25H26N2O2. The zero-order chi connectivity index (χ0) is 20.6. The fourth-order valence-corrected chi connectivity index (χ4v) is 3.15. The zero-order valence-electron chi connectivity index (χ0n) is 16.8. The summed E-state index contributed by atoms with van der Waals surface area (Å²) in [5, 5.41) is 5.88. The highest BCUT2D eigenvalue weighted by atomic mass is 16.2. The standard InChI is InChI=1S/C25H26N2O2/c1-3-18(2)22-11-7-8-12-23(22)27-25(29)20-13-15-21(16-14-20)26-24(28)17-19-9-5-4-6-10-19/h4-16,18H,3,17H2,1-2H3,(H,26,28)(H,27,29). The molecule has 148 valence electrons. The van der Waals surface area contributed by atoms with Gasteiger partial charge in [-0.1, -0.05) is 62.4 Å². The van der Waals surface area contributed by atoms with Crippen molar-refractivity contribution in [3.8, 4) is 0 Å². The Hall–Kier alpha value is -3.40. The smallest absolute Gasteiger partial charge is 0.255 e. The van der Waals surface area contributed by atoms with E-state index in [-0.39, 0.29) is 11.8 Å². The first-order valence-electron chi connectivity index (χ1n) is 9.91. The van der Waals surface area contributed by atoms with Crippen LogP contribution in [-0.4, -0.2) is 11.8 Å². The van der Waals surface area contributed by atoms with Crippen LogP contribution in [0.5, 0.6) is 0 Å². The molecule has 0 spiro atoms. The molecule has 0 aromatic heterocycles. The maximum atomic E-state index is 12.7. The molecule has 2 amide bonds. The van der Waals surface area contributed by atoms with Crippen molar-refractivity contribution >= 4 is 23.2 Å². The second-order valence-corrected chi connectivity index (χ2v) is 7.14. The number of carbonyl (C=O) groups excluding carboxylic acids is 2. The summed E-state index contributed by atoms with van der Waals surface area (Å²) in [7, 11) is 0. The van der Waals surface area contributed by atoms with Crippen molar-refractivity contribution in [1.82, 2.24) is 0 Å². The maximum Gasteiger partial charge on any atom is 0.255 e. The molecule has 3 rings (SSSR count). The second kappa shape index (κ2) is 9.69. The highest BCUT2D eigenvalue weighted by Gasteiger charge is 2.12. The molecule has 3 aromatic carbocycles. The van der Waals surface area contributed by atoms with E-state index in [4.69, 9.17) is 0 Å². The van der Waals surface area contributed by atoms with Gasteiger partial charge in [-0.25, -0.2) is 0 Å². The topological polar surface area (TPSA) is 58.2 Å². The Balaban J connectivity index is 1.63. The summed E-state index contributed by atoms with van der Waals surface area (Å²) < 4.78 is 0. The molecule has 0 bridgehead atoms. The van der Waals surface area contributed by atoms with E-state index < -0.39 is 0 Å². The first kappa shape index (κ1) is 20.3. The first-order valence-corrected chi connectivity index (χ1v) is 9.91. The van der Waals surface area contributed by atoms with Crippen LogP contribution in [-0.2, 0) is 11.2 Å². The van der Waals surface area contributed by atoms with Crippen molar-refractivity contribution in [3.63, 3.8) is 0 Å². The third kappa shape index (κ3) is 5.55. The summed E-state index contributed by atoms with van der Waals surface area (Å²) in [6.45, 7) is 4.28. The molecular weight excluding hydrogens is 360 g/mol. The van der Waals surface area contributed by atoms with E-state index in [1.54, 1.807) is 24.3 Å². The normalized spacial score (nSPS) is 11.5. The van der Waals surface area contributed by atoms with Crippen LogP contribution in [0, 0.1) is 0 Å². The van der Waals surface area contributed by atoms with Crippen LogP contribution < -0.4 is 10.6 Å². The summed E-state index contributed by atoms with van der Waals surface area (Å²) in [4.78, 5) is 24.8. The molecule has 4 nitrogen and oxygen atoms in total. The lowest BCUT2D eigenvalue weighted by Gasteiger charge is -2.15. The van der Waals surface area contributed by atoms with Gasteiger partial charge < -0.3 is 10.6 Å². The molecule has 0 aliphatic carbocycles. The molecule has 1 atom stereocenters. The SMILES string of the molecule is CCC(C)c1ccccc1NC(=O)c1ccc(NC(=O)Cc2ccccc2)cc1. The van der Waals surface area contributed by atoms with E-state index >= 15 is 0 Å². The van der Waals surface area contributed by atoms with Crippen molar-refractivity contribution in [1.29, 1.82) is 0 Å². The number of anilines is 2. The lowest BCUT2D eigenvalue weighted by molar-refractivity contribution is -0.115. The van der Waals surface area contributed by atoms with E-state index in [1.807, 2.05) is 48.5 Å². The summed E-state index contributed by atoms with van der Waals surface area (Å²) in [5.74, 6) is 0.118. The van der Waals surface area contributed by atoms with E-state index in [0.29, 0.717) is 23.6 Å². The summed E-state index contributed by atoms with van der Waals surface area (Å²) in [5.41, 5.74) is 4.15. The number of benzene rings is 3. The fraction of sp³-hybridized carbons (Fsp3) is 0.200. The second-order valence-electron chi connectivity index (χ2n) is 7.14. The summed E-state index contributed by atoms with van der Waals surface area (Å²) >= 11 is 0. The van der Waals surface area contributed by atoms with Crippen LogP contribution in [0.4, 0.5) is 11.4 Å². The highest BCUT2D eigenvalue weighted by molar-refractivity contribution is 6.05. The molecule has 0 saturated heterocycles. The lowest BCUT2D eigenvalue weighted by atomic mass is 9.97. The largest absolute Gasteiger partial charge is 0.326 e. The summed E-state index contributed by atoms with van der Waals surface area (Å²) in [6.07, 6.45) is 1.32. The highest BCUT2D eigenvalue weighted by Crippen LogP contribution is 2.27. The van der Waals surface area contributed by atoms with Gasteiger partial charge in [0.1, 0.15) is 0 Å². The van der Waals surface area contributed by atoms with Crippen LogP contribution in [0.3, 0.4) is 0 Å². The first-order chi connectivity index (χ1) is 14.1. The number of hydrogen-bond acceptors (Lipinski definition) is 2. The molecule has 0 aliphatic rings. The zero-order valence-corrected chi connectivity index (χ0v) is 16.8. The Kier molecular flexibility index (Phi) is 6.80. The molecule has 0 fully saturated rings. The number of nitrogens with one attached hydrogen (secondary N) is 2. The third-order valence-electron chi connectivity index (χ3n) is 4.99. The van der Waals surface area contributed by atoms with Gasteiger partial charge in [0.2, 0.25) is 5.91 Å². The van der Waals surface area contributed by atoms with Gasteiger partial charge in [-0.15, -0.1) is 0 Å². The number of para-hydroxylation sites is 1. The third-order valence-corrected chi connectivity index (χ3v) is 4.99. The predicted molar refractivity (Wildman–Crippen MR) is 118 cm³/mol. The molecule has 0 aliphatic heterocycles. The van der Waals surface area contributed by atoms with Crippen LogP contribution >= 0.6 is 0 Å². The van der Waals surface area contributed by atoms with Crippen molar-refractivity contribution in [2.24, 2.45) is 0 Å². The van der Waals surface area contributed by atoms with Crippen molar-refractivity contribution < 1.29 is 9.59 Å². The quantitative estimate of drug-likeness (QED) is 0.552. The minimum atomic E-state index is -0.164. The van der Waals surface area contributed by atoms with Gasteiger partial charge in [0.05, 0.1) is 6.42 Å². The van der Waals surface area contributed by atoms with Gasteiger partial charge in [0, 0.05) is 16.9 Å². The fourth-order valence-electron chi connectivity index (χ4n) is 3.15. The van der Waals surface area contributed by atoms with E-state index in [2.05, 4.69) is 30.5 Å². The van der Waals surface area contributed by atoms with Gasteiger partial charge in [-0.05, 0) is 53.8 Å². The van der Waals surface area contributed by atoms with Crippen LogP contribution in [0.15, 0.2) is 78.9 Å².